The van der Waals surface area contributed by atoms with Crippen LogP contribution < -0.4 is 5.32 Å². The minimum Gasteiger partial charge on any atom is -0.381 e. The Kier molecular flexibility index (Phi) is 5.72. The van der Waals surface area contributed by atoms with E-state index in [0.717, 1.165) is 31.7 Å². The average Bonchev–Trinajstić information content (AvgIpc) is 2.41. The second-order valence-electron chi connectivity index (χ2n) is 8.68. The molecule has 2 aliphatic rings. The monoisotopic (exact) mass is 296 g/mol. The minimum absolute atomic E-state index is 0.201. The van der Waals surface area contributed by atoms with E-state index in [9.17, 15) is 0 Å². The van der Waals surface area contributed by atoms with Gasteiger partial charge in [-0.25, -0.2) is 0 Å². The van der Waals surface area contributed by atoms with Crippen LogP contribution in [-0.2, 0) is 4.74 Å². The molecule has 3 nitrogen and oxygen atoms in total. The van der Waals surface area contributed by atoms with E-state index in [-0.39, 0.29) is 5.54 Å². The summed E-state index contributed by atoms with van der Waals surface area (Å²) in [5.74, 6) is 0.855. The third kappa shape index (κ3) is 5.22. The summed E-state index contributed by atoms with van der Waals surface area (Å²) in [6.45, 7) is 17.1. The van der Waals surface area contributed by atoms with Crippen molar-refractivity contribution in [2.24, 2.45) is 11.3 Å². The van der Waals surface area contributed by atoms with E-state index in [4.69, 9.17) is 4.74 Å². The normalized spacial score (nSPS) is 31.3. The highest BCUT2D eigenvalue weighted by molar-refractivity contribution is 4.91. The zero-order valence-electron chi connectivity index (χ0n) is 14.9. The van der Waals surface area contributed by atoms with Crippen molar-refractivity contribution in [3.8, 4) is 0 Å². The summed E-state index contributed by atoms with van der Waals surface area (Å²) in [6, 6.07) is 0.746. The zero-order valence-corrected chi connectivity index (χ0v) is 14.9. The molecule has 0 amide bonds. The van der Waals surface area contributed by atoms with Gasteiger partial charge < -0.3 is 10.1 Å². The van der Waals surface area contributed by atoms with Crippen LogP contribution in [-0.4, -0.2) is 49.3 Å². The lowest BCUT2D eigenvalue weighted by Crippen LogP contribution is -2.54. The first kappa shape index (κ1) is 17.2. The van der Waals surface area contributed by atoms with Crippen molar-refractivity contribution in [1.29, 1.82) is 0 Å². The van der Waals surface area contributed by atoms with Crippen molar-refractivity contribution < 1.29 is 4.74 Å². The highest BCUT2D eigenvalue weighted by Crippen LogP contribution is 2.34. The average molecular weight is 296 g/mol. The fourth-order valence-corrected chi connectivity index (χ4v) is 3.68. The number of likely N-dealkylation sites (tertiary alicyclic amines) is 1. The maximum Gasteiger partial charge on any atom is 0.0472 e. The van der Waals surface area contributed by atoms with Gasteiger partial charge in [-0.3, -0.25) is 4.90 Å². The zero-order chi connectivity index (χ0) is 15.5. The van der Waals surface area contributed by atoms with Gasteiger partial charge in [0.2, 0.25) is 0 Å². The van der Waals surface area contributed by atoms with Crippen LogP contribution in [0.3, 0.4) is 0 Å². The quantitative estimate of drug-likeness (QED) is 0.861. The van der Waals surface area contributed by atoms with Crippen LogP contribution in [0, 0.1) is 11.3 Å². The molecular formula is C18H36N2O. The summed E-state index contributed by atoms with van der Waals surface area (Å²) < 4.78 is 5.65. The van der Waals surface area contributed by atoms with E-state index in [2.05, 4.69) is 44.8 Å². The Bertz CT molecular complexity index is 318. The molecule has 2 aliphatic heterocycles. The maximum atomic E-state index is 5.65. The van der Waals surface area contributed by atoms with Crippen molar-refractivity contribution >= 4 is 0 Å². The van der Waals surface area contributed by atoms with Crippen LogP contribution in [0.25, 0.3) is 0 Å². The lowest BCUT2D eigenvalue weighted by atomic mass is 9.78. The number of nitrogens with zero attached hydrogens (tertiary/aromatic N) is 1. The number of ether oxygens (including phenoxy) is 1. The first-order chi connectivity index (χ1) is 9.80. The lowest BCUT2D eigenvalue weighted by molar-refractivity contribution is -0.0226. The summed E-state index contributed by atoms with van der Waals surface area (Å²) >= 11 is 0. The van der Waals surface area contributed by atoms with Gasteiger partial charge in [0.05, 0.1) is 0 Å². The lowest BCUT2D eigenvalue weighted by Gasteiger charge is -2.46. The molecule has 0 saturated carbocycles. The molecule has 2 rings (SSSR count). The van der Waals surface area contributed by atoms with Crippen LogP contribution in [0.5, 0.6) is 0 Å². The number of piperidine rings is 1. The van der Waals surface area contributed by atoms with Gasteiger partial charge >= 0.3 is 0 Å². The van der Waals surface area contributed by atoms with Gasteiger partial charge in [-0.05, 0) is 64.7 Å². The second-order valence-corrected chi connectivity index (χ2v) is 8.68. The molecule has 2 atom stereocenters. The Hall–Kier alpha value is -0.120. The van der Waals surface area contributed by atoms with Gasteiger partial charge in [-0.2, -0.15) is 0 Å². The molecule has 0 aromatic heterocycles. The largest absolute Gasteiger partial charge is 0.381 e. The number of hydrogen-bond donors (Lipinski definition) is 1. The van der Waals surface area contributed by atoms with Gasteiger partial charge in [0.15, 0.2) is 0 Å². The number of rotatable bonds is 4. The topological polar surface area (TPSA) is 24.5 Å². The summed E-state index contributed by atoms with van der Waals surface area (Å²) in [4.78, 5) is 2.75. The summed E-state index contributed by atoms with van der Waals surface area (Å²) in [5, 5.41) is 3.77. The Labute approximate surface area is 131 Å². The summed E-state index contributed by atoms with van der Waals surface area (Å²) in [5.41, 5.74) is 0.600. The SMILES string of the molecule is CC1CCC(C)N(CC2(CNC(C)(C)C)CCOCC2)C1. The first-order valence-electron chi connectivity index (χ1n) is 8.87. The highest BCUT2D eigenvalue weighted by atomic mass is 16.5. The summed E-state index contributed by atoms with van der Waals surface area (Å²) in [7, 11) is 0. The molecule has 21 heavy (non-hydrogen) atoms. The third-order valence-corrected chi connectivity index (χ3v) is 5.33. The van der Waals surface area contributed by atoms with Gasteiger partial charge in [0, 0.05) is 44.4 Å². The van der Waals surface area contributed by atoms with Crippen LogP contribution in [0.1, 0.15) is 60.3 Å². The van der Waals surface area contributed by atoms with Crippen molar-refractivity contribution in [2.75, 3.05) is 32.8 Å². The van der Waals surface area contributed by atoms with Gasteiger partial charge in [-0.1, -0.05) is 6.92 Å². The molecule has 2 fully saturated rings. The molecule has 2 unspecified atom stereocenters. The fourth-order valence-electron chi connectivity index (χ4n) is 3.68. The Balaban J connectivity index is 2.01. The van der Waals surface area contributed by atoms with Crippen LogP contribution in [0.2, 0.25) is 0 Å². The van der Waals surface area contributed by atoms with Crippen molar-refractivity contribution in [1.82, 2.24) is 10.2 Å². The molecular weight excluding hydrogens is 260 g/mol. The van der Waals surface area contributed by atoms with Gasteiger partial charge in [0.1, 0.15) is 0 Å². The third-order valence-electron chi connectivity index (χ3n) is 5.33. The van der Waals surface area contributed by atoms with E-state index in [0.29, 0.717) is 5.41 Å². The van der Waals surface area contributed by atoms with E-state index in [1.54, 1.807) is 0 Å². The highest BCUT2D eigenvalue weighted by Gasteiger charge is 2.37. The predicted octanol–water partition coefficient (Wildman–Crippen LogP) is 3.29. The molecule has 124 valence electrons. The fraction of sp³-hybridized carbons (Fsp3) is 1.00. The molecule has 1 N–H and O–H groups in total. The Morgan fingerprint density at radius 3 is 2.43 bits per heavy atom. The molecule has 0 aliphatic carbocycles. The molecule has 2 saturated heterocycles. The van der Waals surface area contributed by atoms with E-state index in [1.165, 1.54) is 38.8 Å². The molecule has 0 bridgehead atoms. The van der Waals surface area contributed by atoms with Crippen molar-refractivity contribution in [2.45, 2.75) is 71.9 Å². The Morgan fingerprint density at radius 1 is 1.14 bits per heavy atom. The number of nitrogens with one attached hydrogen (secondary N) is 1. The van der Waals surface area contributed by atoms with E-state index < -0.39 is 0 Å². The second kappa shape index (κ2) is 6.97. The smallest absolute Gasteiger partial charge is 0.0472 e. The maximum absolute atomic E-state index is 5.65. The molecule has 0 aromatic carbocycles. The van der Waals surface area contributed by atoms with Crippen LogP contribution >= 0.6 is 0 Å². The van der Waals surface area contributed by atoms with E-state index in [1.807, 2.05) is 0 Å². The van der Waals surface area contributed by atoms with Crippen molar-refractivity contribution in [3.63, 3.8) is 0 Å². The van der Waals surface area contributed by atoms with Crippen LogP contribution in [0.15, 0.2) is 0 Å². The molecule has 0 spiro atoms. The molecule has 3 heteroatoms. The Morgan fingerprint density at radius 2 is 1.81 bits per heavy atom. The molecule has 2 heterocycles. The first-order valence-corrected chi connectivity index (χ1v) is 8.87. The molecule has 0 aromatic rings. The molecule has 0 radical (unpaired) electrons. The standard InChI is InChI=1S/C18H36N2O/c1-15-6-7-16(2)20(12-15)14-18(8-10-21-11-9-18)13-19-17(3,4)5/h15-16,19H,6-14H2,1-5H3. The predicted molar refractivity (Wildman–Crippen MR) is 89.7 cm³/mol. The number of hydrogen-bond acceptors (Lipinski definition) is 3. The van der Waals surface area contributed by atoms with Gasteiger partial charge in [-0.15, -0.1) is 0 Å². The van der Waals surface area contributed by atoms with Crippen molar-refractivity contribution in [3.05, 3.63) is 0 Å². The van der Waals surface area contributed by atoms with Crippen LogP contribution in [0.4, 0.5) is 0 Å². The van der Waals surface area contributed by atoms with E-state index >= 15 is 0 Å². The van der Waals surface area contributed by atoms with Gasteiger partial charge in [0.25, 0.3) is 0 Å². The summed E-state index contributed by atoms with van der Waals surface area (Å²) in [6.07, 6.45) is 5.16. The minimum atomic E-state index is 0.201.